The van der Waals surface area contributed by atoms with Gasteiger partial charge in [0, 0.05) is 19.0 Å². The van der Waals surface area contributed by atoms with Crippen molar-refractivity contribution < 1.29 is 33.6 Å². The molecule has 2 saturated heterocycles. The molecule has 200 valence electrons. The van der Waals surface area contributed by atoms with Crippen molar-refractivity contribution >= 4 is 41.3 Å². The smallest absolute Gasteiger partial charge is 0.351 e. The molecular formula is C19H25N8O8PS. The van der Waals surface area contributed by atoms with Gasteiger partial charge in [-0.25, -0.2) is 19.7 Å². The van der Waals surface area contributed by atoms with Gasteiger partial charge in [0.2, 0.25) is 0 Å². The highest BCUT2D eigenvalue weighted by Crippen LogP contribution is 2.52. The lowest BCUT2D eigenvalue weighted by molar-refractivity contribution is -0.0514. The highest BCUT2D eigenvalue weighted by atomic mass is 32.5. The first-order valence-electron chi connectivity index (χ1n) is 11.2. The maximum Gasteiger partial charge on any atom is 0.351 e. The minimum Gasteiger partial charge on any atom is -0.394 e. The molecular weight excluding hydrogens is 531 g/mol. The van der Waals surface area contributed by atoms with Crippen LogP contribution in [0.1, 0.15) is 25.3 Å². The van der Waals surface area contributed by atoms with Gasteiger partial charge in [-0.15, -0.1) is 0 Å². The summed E-state index contributed by atoms with van der Waals surface area (Å²) in [5.41, 5.74) is 11.6. The number of fused-ring (bicyclic) bond motifs is 1. The third-order valence-electron chi connectivity index (χ3n) is 6.12. The first-order valence-corrected chi connectivity index (χ1v) is 13.8. The fraction of sp³-hybridized carbons (Fsp3) is 0.526. The number of rotatable bonds is 8. The van der Waals surface area contributed by atoms with Gasteiger partial charge in [-0.1, -0.05) is 0 Å². The second kappa shape index (κ2) is 10.3. The number of nitrogens with two attached hydrogens (primary N) is 2. The molecule has 18 heteroatoms. The van der Waals surface area contributed by atoms with Crippen molar-refractivity contribution in [1.82, 2.24) is 29.1 Å². The van der Waals surface area contributed by atoms with E-state index in [0.29, 0.717) is 11.2 Å². The van der Waals surface area contributed by atoms with Gasteiger partial charge in [-0.2, -0.15) is 4.98 Å². The molecule has 7 N–H and O–H groups in total. The fourth-order valence-corrected chi connectivity index (χ4v) is 6.23. The predicted octanol–water partition coefficient (Wildman–Crippen LogP) is -1.21. The van der Waals surface area contributed by atoms with Gasteiger partial charge in [-0.05, 0) is 17.9 Å². The molecule has 37 heavy (non-hydrogen) atoms. The van der Waals surface area contributed by atoms with Gasteiger partial charge >= 0.3 is 12.4 Å². The van der Waals surface area contributed by atoms with E-state index in [9.17, 15) is 19.9 Å². The Bertz CT molecular complexity index is 1390. The van der Waals surface area contributed by atoms with E-state index in [1.807, 2.05) is 0 Å². The number of aliphatic hydroxyl groups is 2. The summed E-state index contributed by atoms with van der Waals surface area (Å²) in [4.78, 5) is 39.0. The van der Waals surface area contributed by atoms with Crippen molar-refractivity contribution in [1.29, 1.82) is 0 Å². The average molecular weight is 556 g/mol. The van der Waals surface area contributed by atoms with Crippen LogP contribution in [0.25, 0.3) is 11.2 Å². The molecule has 2 aliphatic rings. The predicted molar refractivity (Wildman–Crippen MR) is 130 cm³/mol. The third kappa shape index (κ3) is 5.22. The van der Waals surface area contributed by atoms with Crippen molar-refractivity contribution in [2.45, 2.75) is 49.7 Å². The van der Waals surface area contributed by atoms with E-state index in [4.69, 9.17) is 41.8 Å². The van der Waals surface area contributed by atoms with Crippen LogP contribution in [0.15, 0.2) is 29.7 Å². The molecule has 0 amide bonds. The highest BCUT2D eigenvalue weighted by molar-refractivity contribution is 8.07. The Hall–Kier alpha value is -2.60. The molecule has 0 bridgehead atoms. The highest BCUT2D eigenvalue weighted by Gasteiger charge is 2.44. The molecule has 7 unspecified atom stereocenters. The first-order chi connectivity index (χ1) is 17.7. The van der Waals surface area contributed by atoms with Crippen molar-refractivity contribution in [3.05, 3.63) is 35.4 Å². The molecule has 5 rings (SSSR count). The molecule has 16 nitrogen and oxygen atoms in total. The Labute approximate surface area is 214 Å². The van der Waals surface area contributed by atoms with E-state index in [2.05, 4.69) is 19.9 Å². The zero-order chi connectivity index (χ0) is 26.3. The maximum absolute atomic E-state index is 12.2. The molecule has 2 fully saturated rings. The Morgan fingerprint density at radius 2 is 1.68 bits per heavy atom. The molecule has 0 saturated carbocycles. The molecule has 5 heterocycles. The monoisotopic (exact) mass is 556 g/mol. The van der Waals surface area contributed by atoms with E-state index < -0.39 is 62.5 Å². The van der Waals surface area contributed by atoms with Crippen LogP contribution in [-0.4, -0.2) is 81.8 Å². The van der Waals surface area contributed by atoms with Gasteiger partial charge in [0.15, 0.2) is 11.5 Å². The third-order valence-corrected chi connectivity index (χ3v) is 7.71. The number of imidazole rings is 1. The van der Waals surface area contributed by atoms with Crippen LogP contribution >= 0.6 is 6.72 Å². The summed E-state index contributed by atoms with van der Waals surface area (Å²) >= 11 is 5.24. The molecule has 0 aromatic carbocycles. The van der Waals surface area contributed by atoms with Gasteiger partial charge < -0.3 is 45.1 Å². The Morgan fingerprint density at radius 1 is 1.05 bits per heavy atom. The Kier molecular flexibility index (Phi) is 7.23. The summed E-state index contributed by atoms with van der Waals surface area (Å²) in [5, 5.41) is 19.6. The standard InChI is InChI=1S/C19H25N8O8PS/c20-13-1-2-26(19(30)25-13)14-3-9(11(5-28)32-14)34-36(31,37)35-10-4-15(33-12(10)6-29)27-8-24-16-17(21)22-7-23-18(16)27/h1-2,7-12,14-15,28-29H,3-6H2,(H,31,37)(H2,20,25,30)(H2,21,22,23). The zero-order valence-corrected chi connectivity index (χ0v) is 20.9. The lowest BCUT2D eigenvalue weighted by Gasteiger charge is -2.26. The molecule has 0 radical (unpaired) electrons. The number of ether oxygens (including phenoxy) is 2. The van der Waals surface area contributed by atoms with E-state index in [-0.39, 0.29) is 24.5 Å². The SMILES string of the molecule is Nc1ccn(C2CC(OP(O)(=S)OC3CC(n4cnc5c(N)ncnc54)OC3CO)C(CO)O2)c(=O)n1. The molecule has 7 atom stereocenters. The minimum absolute atomic E-state index is 0.0557. The van der Waals surface area contributed by atoms with Crippen molar-refractivity contribution in [2.24, 2.45) is 0 Å². The minimum atomic E-state index is -3.93. The van der Waals surface area contributed by atoms with Gasteiger partial charge in [-0.3, -0.25) is 9.13 Å². The normalized spacial score (nSPS) is 29.6. The zero-order valence-electron chi connectivity index (χ0n) is 19.2. The maximum atomic E-state index is 12.2. The van der Waals surface area contributed by atoms with Crippen LogP contribution in [0.5, 0.6) is 0 Å². The van der Waals surface area contributed by atoms with Crippen molar-refractivity contribution in [3.63, 3.8) is 0 Å². The number of anilines is 2. The number of aromatic nitrogens is 6. The molecule has 0 aliphatic carbocycles. The quantitative estimate of drug-likeness (QED) is 0.205. The first kappa shape index (κ1) is 26.0. The van der Waals surface area contributed by atoms with Crippen LogP contribution in [0, 0.1) is 0 Å². The van der Waals surface area contributed by atoms with Crippen molar-refractivity contribution in [2.75, 3.05) is 24.7 Å². The van der Waals surface area contributed by atoms with Gasteiger partial charge in [0.05, 0.1) is 31.7 Å². The largest absolute Gasteiger partial charge is 0.394 e. The van der Waals surface area contributed by atoms with Crippen LogP contribution in [-0.2, 0) is 30.3 Å². The summed E-state index contributed by atoms with van der Waals surface area (Å²) in [6, 6.07) is 1.43. The molecule has 0 spiro atoms. The van der Waals surface area contributed by atoms with E-state index in [1.165, 1.54) is 29.5 Å². The summed E-state index contributed by atoms with van der Waals surface area (Å²) in [7, 11) is 0. The summed E-state index contributed by atoms with van der Waals surface area (Å²) in [6.07, 6.45) is -0.469. The van der Waals surface area contributed by atoms with Crippen LogP contribution in [0.3, 0.4) is 0 Å². The van der Waals surface area contributed by atoms with Crippen LogP contribution in [0.2, 0.25) is 0 Å². The number of aliphatic hydroxyl groups excluding tert-OH is 2. The summed E-state index contributed by atoms with van der Waals surface area (Å²) in [5.74, 6) is 0.264. The van der Waals surface area contributed by atoms with Gasteiger partial charge in [0.25, 0.3) is 0 Å². The van der Waals surface area contributed by atoms with Gasteiger partial charge in [0.1, 0.15) is 42.3 Å². The second-order valence-corrected chi connectivity index (χ2v) is 11.2. The average Bonchev–Trinajstić information content (AvgIpc) is 3.55. The van der Waals surface area contributed by atoms with E-state index >= 15 is 0 Å². The Balaban J connectivity index is 1.28. The van der Waals surface area contributed by atoms with Crippen molar-refractivity contribution in [3.8, 4) is 0 Å². The number of hydrogen-bond acceptors (Lipinski definition) is 14. The Morgan fingerprint density at radius 3 is 2.27 bits per heavy atom. The lowest BCUT2D eigenvalue weighted by atomic mass is 10.2. The second-order valence-electron chi connectivity index (χ2n) is 8.48. The molecule has 3 aromatic rings. The molecule has 3 aromatic heterocycles. The summed E-state index contributed by atoms with van der Waals surface area (Å²) < 4.78 is 25.9. The lowest BCUT2D eigenvalue weighted by Crippen LogP contribution is -2.30. The number of hydrogen-bond donors (Lipinski definition) is 5. The molecule has 2 aliphatic heterocycles. The number of nitrogens with zero attached hydrogens (tertiary/aromatic N) is 6. The van der Waals surface area contributed by atoms with Crippen LogP contribution in [0.4, 0.5) is 11.6 Å². The van der Waals surface area contributed by atoms with E-state index in [1.54, 1.807) is 4.57 Å². The van der Waals surface area contributed by atoms with E-state index in [0.717, 1.165) is 0 Å². The van der Waals surface area contributed by atoms with Crippen LogP contribution < -0.4 is 17.2 Å². The fourth-order valence-electron chi connectivity index (χ4n) is 4.39. The summed E-state index contributed by atoms with van der Waals surface area (Å²) in [6.45, 7) is -4.81. The number of nitrogen functional groups attached to an aromatic ring is 2. The topological polar surface area (TPSA) is 228 Å².